The van der Waals surface area contributed by atoms with E-state index in [0.717, 1.165) is 22.9 Å². The molecule has 1 aromatic heterocycles. The van der Waals surface area contributed by atoms with Crippen molar-refractivity contribution < 1.29 is 18.0 Å². The number of hydrogen-bond acceptors (Lipinski definition) is 2. The van der Waals surface area contributed by atoms with Crippen LogP contribution in [0.3, 0.4) is 0 Å². The third-order valence-electron chi connectivity index (χ3n) is 3.95. The summed E-state index contributed by atoms with van der Waals surface area (Å²) in [6.45, 7) is 1.68. The average Bonchev–Trinajstić information content (AvgIpc) is 2.61. The quantitative estimate of drug-likeness (QED) is 0.648. The highest BCUT2D eigenvalue weighted by atomic mass is 19.4. The van der Waals surface area contributed by atoms with Crippen molar-refractivity contribution >= 4 is 27.9 Å². The number of hydrogen-bond donors (Lipinski definition) is 1. The number of aromatic nitrogens is 1. The summed E-state index contributed by atoms with van der Waals surface area (Å²) < 4.78 is 37.9. The molecule has 0 saturated carbocycles. The first-order valence-corrected chi connectivity index (χ1v) is 7.84. The minimum atomic E-state index is -4.38. The van der Waals surface area contributed by atoms with Crippen molar-refractivity contribution in [3.63, 3.8) is 0 Å². The molecule has 0 fully saturated rings. The van der Waals surface area contributed by atoms with Gasteiger partial charge in [-0.05, 0) is 42.3 Å². The average molecular weight is 356 g/mol. The molecule has 1 heterocycles. The van der Waals surface area contributed by atoms with Crippen molar-refractivity contribution in [2.24, 2.45) is 0 Å². The van der Waals surface area contributed by atoms with E-state index in [0.29, 0.717) is 16.8 Å². The van der Waals surface area contributed by atoms with Crippen molar-refractivity contribution in [3.05, 3.63) is 78.1 Å². The number of anilines is 1. The van der Waals surface area contributed by atoms with Crippen LogP contribution >= 0.6 is 0 Å². The normalized spacial score (nSPS) is 12.2. The maximum Gasteiger partial charge on any atom is 0.416 e. The summed E-state index contributed by atoms with van der Waals surface area (Å²) in [5.74, 6) is -0.355. The molecule has 0 aliphatic rings. The molecule has 0 aliphatic carbocycles. The highest BCUT2D eigenvalue weighted by molar-refractivity contribution is 6.08. The number of rotatable bonds is 3. The summed E-state index contributed by atoms with van der Waals surface area (Å²) in [4.78, 5) is 16.3. The van der Waals surface area contributed by atoms with Gasteiger partial charge in [0.15, 0.2) is 0 Å². The number of benzene rings is 2. The van der Waals surface area contributed by atoms with Gasteiger partial charge in [-0.3, -0.25) is 9.78 Å². The lowest BCUT2D eigenvalue weighted by Gasteiger charge is -2.09. The molecule has 0 spiro atoms. The largest absolute Gasteiger partial charge is 0.416 e. The molecule has 26 heavy (non-hydrogen) atoms. The molecule has 0 radical (unpaired) electrons. The van der Waals surface area contributed by atoms with Gasteiger partial charge in [-0.1, -0.05) is 24.3 Å². The van der Waals surface area contributed by atoms with Crippen LogP contribution in [0.5, 0.6) is 0 Å². The first-order chi connectivity index (χ1) is 12.3. The lowest BCUT2D eigenvalue weighted by molar-refractivity contribution is -0.137. The maximum absolute atomic E-state index is 12.6. The molecule has 3 aromatic rings. The lowest BCUT2D eigenvalue weighted by atomic mass is 10.0. The molecule has 132 valence electrons. The van der Waals surface area contributed by atoms with Crippen LogP contribution in [-0.2, 0) is 11.0 Å². The van der Waals surface area contributed by atoms with E-state index < -0.39 is 11.7 Å². The monoisotopic (exact) mass is 356 g/mol. The van der Waals surface area contributed by atoms with Crippen molar-refractivity contribution in [1.29, 1.82) is 0 Å². The minimum absolute atomic E-state index is 0.355. The number of pyridine rings is 1. The topological polar surface area (TPSA) is 42.0 Å². The highest BCUT2D eigenvalue weighted by Crippen LogP contribution is 2.30. The Bertz CT molecular complexity index is 971. The molecule has 0 bridgehead atoms. The number of halogens is 3. The highest BCUT2D eigenvalue weighted by Gasteiger charge is 2.29. The van der Waals surface area contributed by atoms with Gasteiger partial charge in [0.25, 0.3) is 0 Å². The Morgan fingerprint density at radius 3 is 2.50 bits per heavy atom. The van der Waals surface area contributed by atoms with Gasteiger partial charge in [-0.25, -0.2) is 0 Å². The van der Waals surface area contributed by atoms with E-state index in [9.17, 15) is 18.0 Å². The summed E-state index contributed by atoms with van der Waals surface area (Å²) >= 11 is 0. The van der Waals surface area contributed by atoms with Crippen LogP contribution in [0.2, 0.25) is 0 Å². The predicted octanol–water partition coefficient (Wildman–Crippen LogP) is 5.30. The zero-order chi connectivity index (χ0) is 18.7. The minimum Gasteiger partial charge on any atom is -0.322 e. The first-order valence-electron chi connectivity index (χ1n) is 7.84. The van der Waals surface area contributed by atoms with Crippen molar-refractivity contribution in [2.45, 2.75) is 13.1 Å². The van der Waals surface area contributed by atoms with E-state index in [-0.39, 0.29) is 5.91 Å². The van der Waals surface area contributed by atoms with Gasteiger partial charge < -0.3 is 5.32 Å². The van der Waals surface area contributed by atoms with Gasteiger partial charge in [0.05, 0.1) is 5.56 Å². The van der Waals surface area contributed by atoms with Crippen molar-refractivity contribution in [3.8, 4) is 0 Å². The third kappa shape index (κ3) is 3.91. The fraction of sp³-hybridized carbons (Fsp3) is 0.100. The van der Waals surface area contributed by atoms with Gasteiger partial charge in [-0.2, -0.15) is 13.2 Å². The van der Waals surface area contributed by atoms with E-state index >= 15 is 0 Å². The molecule has 2 aromatic carbocycles. The number of nitrogens with zero attached hydrogens (tertiary/aromatic N) is 1. The van der Waals surface area contributed by atoms with Crippen LogP contribution in [0.25, 0.3) is 16.3 Å². The van der Waals surface area contributed by atoms with E-state index in [1.807, 2.05) is 12.1 Å². The molecule has 3 rings (SSSR count). The Morgan fingerprint density at radius 1 is 1.08 bits per heavy atom. The SMILES string of the molecule is C/C(=C\C(=O)Nc1cccc2cnccc12)c1ccc(C(F)(F)F)cc1. The zero-order valence-electron chi connectivity index (χ0n) is 13.8. The Balaban J connectivity index is 1.79. The van der Waals surface area contributed by atoms with Crippen molar-refractivity contribution in [1.82, 2.24) is 4.98 Å². The third-order valence-corrected chi connectivity index (χ3v) is 3.95. The predicted molar refractivity (Wildman–Crippen MR) is 95.5 cm³/mol. The summed E-state index contributed by atoms with van der Waals surface area (Å²) in [5, 5.41) is 4.55. The van der Waals surface area contributed by atoms with Gasteiger partial charge in [-0.15, -0.1) is 0 Å². The molecule has 1 amide bonds. The molecular weight excluding hydrogens is 341 g/mol. The van der Waals surface area contributed by atoms with Crippen LogP contribution in [0.15, 0.2) is 67.0 Å². The summed E-state index contributed by atoms with van der Waals surface area (Å²) in [6, 6.07) is 12.0. The number of amides is 1. The smallest absolute Gasteiger partial charge is 0.322 e. The second-order valence-corrected chi connectivity index (χ2v) is 5.79. The van der Waals surface area contributed by atoms with Crippen LogP contribution in [0, 0.1) is 0 Å². The Kier molecular flexibility index (Phi) is 4.75. The molecule has 0 saturated heterocycles. The maximum atomic E-state index is 12.6. The Labute approximate surface area is 148 Å². The molecule has 1 N–H and O–H groups in total. The summed E-state index contributed by atoms with van der Waals surface area (Å²) in [6.07, 6.45) is 0.328. The number of fused-ring (bicyclic) bond motifs is 1. The van der Waals surface area contributed by atoms with Gasteiger partial charge in [0, 0.05) is 34.9 Å². The van der Waals surface area contributed by atoms with E-state index in [2.05, 4.69) is 10.3 Å². The molecule has 0 aliphatic heterocycles. The van der Waals surface area contributed by atoms with Gasteiger partial charge >= 0.3 is 6.18 Å². The number of carbonyl (C=O) groups excluding carboxylic acids is 1. The van der Waals surface area contributed by atoms with Gasteiger partial charge in [0.1, 0.15) is 0 Å². The molecule has 0 unspecified atom stereocenters. The first kappa shape index (κ1) is 17.7. The summed E-state index contributed by atoms with van der Waals surface area (Å²) in [5.41, 5.74) is 1.04. The van der Waals surface area contributed by atoms with Crippen LogP contribution < -0.4 is 5.32 Å². The Morgan fingerprint density at radius 2 is 1.81 bits per heavy atom. The van der Waals surface area contributed by atoms with E-state index in [1.54, 1.807) is 31.5 Å². The second-order valence-electron chi connectivity index (χ2n) is 5.79. The number of allylic oxidation sites excluding steroid dienone is 1. The number of nitrogens with one attached hydrogen (secondary N) is 1. The fourth-order valence-electron chi connectivity index (χ4n) is 2.60. The summed E-state index contributed by atoms with van der Waals surface area (Å²) in [7, 11) is 0. The van der Waals surface area contributed by atoms with Crippen molar-refractivity contribution in [2.75, 3.05) is 5.32 Å². The van der Waals surface area contributed by atoms with Crippen LogP contribution in [-0.4, -0.2) is 10.9 Å². The fourth-order valence-corrected chi connectivity index (χ4v) is 2.60. The molecular formula is C20H15F3N2O. The second kappa shape index (κ2) is 7.00. The van der Waals surface area contributed by atoms with E-state index in [4.69, 9.17) is 0 Å². The standard InChI is InChI=1S/C20H15F3N2O/c1-13(14-5-7-16(8-6-14)20(21,22)23)11-19(26)25-18-4-2-3-15-12-24-10-9-17(15)18/h2-12H,1H3,(H,25,26)/b13-11+. The lowest BCUT2D eigenvalue weighted by Crippen LogP contribution is -2.09. The molecule has 6 heteroatoms. The number of alkyl halides is 3. The zero-order valence-corrected chi connectivity index (χ0v) is 13.8. The Hall–Kier alpha value is -3.15. The van der Waals surface area contributed by atoms with E-state index in [1.165, 1.54) is 18.2 Å². The van der Waals surface area contributed by atoms with Crippen LogP contribution in [0.1, 0.15) is 18.1 Å². The van der Waals surface area contributed by atoms with Gasteiger partial charge in [0.2, 0.25) is 5.91 Å². The number of carbonyl (C=O) groups is 1. The van der Waals surface area contributed by atoms with Crippen LogP contribution in [0.4, 0.5) is 18.9 Å². The molecule has 0 atom stereocenters. The molecule has 3 nitrogen and oxygen atoms in total.